The second-order valence-corrected chi connectivity index (χ2v) is 4.26. The van der Waals surface area contributed by atoms with Gasteiger partial charge in [0, 0.05) is 5.57 Å². The van der Waals surface area contributed by atoms with E-state index in [4.69, 9.17) is 11.6 Å². The number of carbonyl (C=O) groups excluding carboxylic acids is 2. The average molecular weight is 287 g/mol. The second kappa shape index (κ2) is 4.66. The Hall–Kier alpha value is -1.88. The summed E-state index contributed by atoms with van der Waals surface area (Å²) in [6, 6.07) is 3.09. The van der Waals surface area contributed by atoms with Gasteiger partial charge in [0.15, 0.2) is 11.6 Å². The third-order valence-corrected chi connectivity index (χ3v) is 2.86. The molecule has 0 aromatic heterocycles. The van der Waals surface area contributed by atoms with E-state index in [1.54, 1.807) is 0 Å². The highest BCUT2D eigenvalue weighted by Gasteiger charge is 2.33. The average Bonchev–Trinajstić information content (AvgIpc) is 2.31. The van der Waals surface area contributed by atoms with E-state index in [-0.39, 0.29) is 11.1 Å². The molecule has 6 heteroatoms. The largest absolute Gasteiger partial charge is 0.417 e. The molecule has 19 heavy (non-hydrogen) atoms. The van der Waals surface area contributed by atoms with Gasteiger partial charge in [-0.2, -0.15) is 13.2 Å². The van der Waals surface area contributed by atoms with Crippen LogP contribution in [0.1, 0.15) is 11.1 Å². The smallest absolute Gasteiger partial charge is 0.290 e. The van der Waals surface area contributed by atoms with E-state index in [0.717, 1.165) is 30.4 Å². The lowest BCUT2D eigenvalue weighted by Crippen LogP contribution is -2.10. The molecule has 0 amide bonds. The summed E-state index contributed by atoms with van der Waals surface area (Å²) >= 11 is 5.48. The lowest BCUT2D eigenvalue weighted by molar-refractivity contribution is -0.137. The van der Waals surface area contributed by atoms with Crippen molar-refractivity contribution >= 4 is 28.7 Å². The second-order valence-electron chi connectivity index (χ2n) is 3.85. The third kappa shape index (κ3) is 2.76. The van der Waals surface area contributed by atoms with Crippen molar-refractivity contribution in [3.8, 4) is 0 Å². The number of hydrogen-bond donors (Lipinski definition) is 0. The van der Waals surface area contributed by atoms with E-state index in [9.17, 15) is 22.8 Å². The first-order valence-electron chi connectivity index (χ1n) is 5.14. The minimum absolute atomic E-state index is 0.0134. The van der Waals surface area contributed by atoms with E-state index in [2.05, 4.69) is 0 Å². The van der Waals surface area contributed by atoms with Gasteiger partial charge in [-0.1, -0.05) is 17.7 Å². The Kier molecular flexibility index (Phi) is 3.32. The minimum atomic E-state index is -4.62. The molecule has 0 bridgehead atoms. The lowest BCUT2D eigenvalue weighted by Gasteiger charge is -2.12. The van der Waals surface area contributed by atoms with Crippen LogP contribution in [0.4, 0.5) is 13.2 Å². The van der Waals surface area contributed by atoms with Gasteiger partial charge in [-0.25, -0.2) is 0 Å². The first-order chi connectivity index (χ1) is 8.79. The number of benzene rings is 1. The lowest BCUT2D eigenvalue weighted by atomic mass is 9.95. The maximum absolute atomic E-state index is 12.7. The Morgan fingerprint density at radius 2 is 1.74 bits per heavy atom. The predicted octanol–water partition coefficient (Wildman–Crippen LogP) is 3.45. The molecule has 1 aromatic rings. The molecule has 0 saturated carbocycles. The molecule has 0 aliphatic heterocycles. The fraction of sp³-hybridized carbons (Fsp3) is 0.0769. The summed E-state index contributed by atoms with van der Waals surface area (Å²) < 4.78 is 38.1. The van der Waals surface area contributed by atoms with E-state index >= 15 is 0 Å². The Morgan fingerprint density at radius 1 is 1.05 bits per heavy atom. The van der Waals surface area contributed by atoms with Crippen LogP contribution in [0.3, 0.4) is 0 Å². The molecule has 98 valence electrons. The molecule has 2 rings (SSSR count). The summed E-state index contributed by atoms with van der Waals surface area (Å²) in [5.41, 5.74) is -1.10. The summed E-state index contributed by atoms with van der Waals surface area (Å²) in [7, 11) is 0. The zero-order valence-corrected chi connectivity index (χ0v) is 10.0. The van der Waals surface area contributed by atoms with Gasteiger partial charge in [0.25, 0.3) is 0 Å². The summed E-state index contributed by atoms with van der Waals surface area (Å²) in [4.78, 5) is 22.7. The molecule has 0 heterocycles. The highest BCUT2D eigenvalue weighted by atomic mass is 35.5. The zero-order valence-electron chi connectivity index (χ0n) is 9.29. The fourth-order valence-electron chi connectivity index (χ4n) is 1.64. The van der Waals surface area contributed by atoms with Crippen molar-refractivity contribution in [1.29, 1.82) is 0 Å². The molecule has 1 aromatic carbocycles. The zero-order chi connectivity index (χ0) is 14.2. The van der Waals surface area contributed by atoms with E-state index in [1.165, 1.54) is 6.07 Å². The summed E-state index contributed by atoms with van der Waals surface area (Å²) in [6.45, 7) is 0. The van der Waals surface area contributed by atoms with Crippen molar-refractivity contribution in [2.75, 3.05) is 0 Å². The Morgan fingerprint density at radius 3 is 2.37 bits per heavy atom. The number of allylic oxidation sites excluding steroid dienone is 4. The summed E-state index contributed by atoms with van der Waals surface area (Å²) in [5.74, 6) is -0.965. The SMILES string of the molecule is O=C1C=CC(=O)C(c2ccc(Cl)c(C(F)(F)F)c2)=C1. The van der Waals surface area contributed by atoms with Crippen LogP contribution in [-0.2, 0) is 15.8 Å². The van der Waals surface area contributed by atoms with Crippen molar-refractivity contribution < 1.29 is 22.8 Å². The summed E-state index contributed by atoms with van der Waals surface area (Å²) in [6.07, 6.45) is -1.52. The van der Waals surface area contributed by atoms with Crippen LogP contribution in [0.2, 0.25) is 5.02 Å². The molecule has 0 unspecified atom stereocenters. The molecule has 0 N–H and O–H groups in total. The van der Waals surface area contributed by atoms with Gasteiger partial charge in [0.1, 0.15) is 0 Å². The van der Waals surface area contributed by atoms with Crippen LogP contribution in [0.15, 0.2) is 36.4 Å². The molecule has 1 aliphatic carbocycles. The first kappa shape index (κ1) is 13.5. The molecule has 0 radical (unpaired) electrons. The van der Waals surface area contributed by atoms with Gasteiger partial charge in [-0.3, -0.25) is 9.59 Å². The van der Waals surface area contributed by atoms with Gasteiger partial charge < -0.3 is 0 Å². The molecule has 0 saturated heterocycles. The van der Waals surface area contributed by atoms with Gasteiger partial charge >= 0.3 is 6.18 Å². The topological polar surface area (TPSA) is 34.1 Å². The van der Waals surface area contributed by atoms with Gasteiger partial charge in [0.2, 0.25) is 0 Å². The quantitative estimate of drug-likeness (QED) is 0.741. The van der Waals surface area contributed by atoms with Crippen LogP contribution < -0.4 is 0 Å². The molecular formula is C13H6ClF3O2. The minimum Gasteiger partial charge on any atom is -0.290 e. The van der Waals surface area contributed by atoms with Crippen LogP contribution in [0, 0.1) is 0 Å². The molecule has 0 atom stereocenters. The molecule has 0 fully saturated rings. The van der Waals surface area contributed by atoms with E-state index < -0.39 is 28.3 Å². The Balaban J connectivity index is 2.53. The van der Waals surface area contributed by atoms with Crippen molar-refractivity contribution in [2.24, 2.45) is 0 Å². The predicted molar refractivity (Wildman–Crippen MR) is 63.6 cm³/mol. The normalized spacial score (nSPS) is 15.7. The maximum atomic E-state index is 12.7. The van der Waals surface area contributed by atoms with E-state index in [1.807, 2.05) is 0 Å². The molecular weight excluding hydrogens is 281 g/mol. The Labute approximate surface area is 111 Å². The van der Waals surface area contributed by atoms with Crippen molar-refractivity contribution in [3.63, 3.8) is 0 Å². The van der Waals surface area contributed by atoms with Gasteiger partial charge in [-0.05, 0) is 35.9 Å². The monoisotopic (exact) mass is 286 g/mol. The van der Waals surface area contributed by atoms with Crippen LogP contribution >= 0.6 is 11.6 Å². The third-order valence-electron chi connectivity index (χ3n) is 2.53. The van der Waals surface area contributed by atoms with Crippen molar-refractivity contribution in [3.05, 3.63) is 52.6 Å². The number of alkyl halides is 3. The number of ketones is 2. The van der Waals surface area contributed by atoms with Gasteiger partial charge in [0.05, 0.1) is 10.6 Å². The van der Waals surface area contributed by atoms with Crippen molar-refractivity contribution in [2.45, 2.75) is 6.18 Å². The van der Waals surface area contributed by atoms with Crippen LogP contribution in [0.5, 0.6) is 0 Å². The molecule has 2 nitrogen and oxygen atoms in total. The maximum Gasteiger partial charge on any atom is 0.417 e. The molecule has 1 aliphatic rings. The van der Waals surface area contributed by atoms with E-state index in [0.29, 0.717) is 0 Å². The van der Waals surface area contributed by atoms with Gasteiger partial charge in [-0.15, -0.1) is 0 Å². The Bertz CT molecular complexity index is 627. The fourth-order valence-corrected chi connectivity index (χ4v) is 1.87. The summed E-state index contributed by atoms with van der Waals surface area (Å²) in [5, 5.41) is -0.457. The van der Waals surface area contributed by atoms with Crippen LogP contribution in [-0.4, -0.2) is 11.6 Å². The first-order valence-corrected chi connectivity index (χ1v) is 5.52. The number of rotatable bonds is 1. The highest BCUT2D eigenvalue weighted by molar-refractivity contribution is 6.34. The molecule has 0 spiro atoms. The number of halogens is 4. The highest BCUT2D eigenvalue weighted by Crippen LogP contribution is 2.36. The number of carbonyl (C=O) groups is 2. The van der Waals surface area contributed by atoms with Crippen molar-refractivity contribution in [1.82, 2.24) is 0 Å². The number of hydrogen-bond acceptors (Lipinski definition) is 2. The standard InChI is InChI=1S/C13H6ClF3O2/c14-11-3-1-7(5-10(11)13(15,16)17)9-6-8(18)2-4-12(9)19/h1-6H. The van der Waals surface area contributed by atoms with Crippen LogP contribution in [0.25, 0.3) is 5.57 Å².